The van der Waals surface area contributed by atoms with Gasteiger partial charge in [0.25, 0.3) is 0 Å². The van der Waals surface area contributed by atoms with Crippen LogP contribution in [0.25, 0.3) is 0 Å². The molecule has 1 atom stereocenters. The van der Waals surface area contributed by atoms with Crippen LogP contribution in [0, 0.1) is 5.92 Å². The highest BCUT2D eigenvalue weighted by atomic mass is 32.1. The predicted octanol–water partition coefficient (Wildman–Crippen LogP) is 5.19. The van der Waals surface area contributed by atoms with Crippen LogP contribution < -0.4 is 5.32 Å². The Morgan fingerprint density at radius 1 is 1.05 bits per heavy atom. The molecule has 1 unspecified atom stereocenters. The largest absolute Gasteiger partial charge is 0.314 e. The minimum atomic E-state index is 0.696. The summed E-state index contributed by atoms with van der Waals surface area (Å²) in [6, 6.07) is 5.37. The van der Waals surface area contributed by atoms with Crippen molar-refractivity contribution < 1.29 is 0 Å². The number of likely N-dealkylation sites (N-methyl/N-ethyl adjacent to an activating group) is 1. The summed E-state index contributed by atoms with van der Waals surface area (Å²) in [6.45, 7) is 5.61. The van der Waals surface area contributed by atoms with Crippen LogP contribution in [0.2, 0.25) is 0 Å². The van der Waals surface area contributed by atoms with E-state index in [9.17, 15) is 0 Å². The molecule has 0 spiro atoms. The summed E-state index contributed by atoms with van der Waals surface area (Å²) in [6.07, 6.45) is 12.5. The highest BCUT2D eigenvalue weighted by Gasteiger charge is 2.22. The lowest BCUT2D eigenvalue weighted by Gasteiger charge is -2.29. The SMILES string of the molecule is CCNC(Cc1ccc(CC)s1)C1CCCCCCC1. The quantitative estimate of drug-likeness (QED) is 0.761. The molecule has 1 aromatic rings. The topological polar surface area (TPSA) is 12.0 Å². The number of rotatable bonds is 6. The highest BCUT2D eigenvalue weighted by Crippen LogP contribution is 2.28. The van der Waals surface area contributed by atoms with Crippen LogP contribution in [-0.4, -0.2) is 12.6 Å². The zero-order chi connectivity index (χ0) is 14.2. The molecule has 20 heavy (non-hydrogen) atoms. The fraction of sp³-hybridized carbons (Fsp3) is 0.778. The Hall–Kier alpha value is -0.340. The Morgan fingerprint density at radius 2 is 1.70 bits per heavy atom. The molecule has 2 rings (SSSR count). The lowest BCUT2D eigenvalue weighted by molar-refractivity contribution is 0.287. The molecule has 114 valence electrons. The van der Waals surface area contributed by atoms with Crippen molar-refractivity contribution in [3.05, 3.63) is 21.9 Å². The third kappa shape index (κ3) is 4.89. The van der Waals surface area contributed by atoms with Crippen molar-refractivity contribution in [1.82, 2.24) is 5.32 Å². The molecule has 0 amide bonds. The van der Waals surface area contributed by atoms with Gasteiger partial charge in [-0.15, -0.1) is 11.3 Å². The van der Waals surface area contributed by atoms with Crippen molar-refractivity contribution in [2.24, 2.45) is 5.92 Å². The summed E-state index contributed by atoms with van der Waals surface area (Å²) in [7, 11) is 0. The third-order valence-electron chi connectivity index (χ3n) is 4.67. The smallest absolute Gasteiger partial charge is 0.0143 e. The summed E-state index contributed by atoms with van der Waals surface area (Å²) in [5.74, 6) is 0.891. The summed E-state index contributed by atoms with van der Waals surface area (Å²) in [4.78, 5) is 3.11. The van der Waals surface area contributed by atoms with Crippen LogP contribution >= 0.6 is 11.3 Å². The van der Waals surface area contributed by atoms with Crippen LogP contribution in [-0.2, 0) is 12.8 Å². The van der Waals surface area contributed by atoms with E-state index >= 15 is 0 Å². The van der Waals surface area contributed by atoms with Gasteiger partial charge in [-0.2, -0.15) is 0 Å². The average Bonchev–Trinajstić information content (AvgIpc) is 2.86. The second-order valence-electron chi connectivity index (χ2n) is 6.20. The van der Waals surface area contributed by atoms with Gasteiger partial charge in [0.05, 0.1) is 0 Å². The summed E-state index contributed by atoms with van der Waals surface area (Å²) in [5, 5.41) is 3.78. The van der Waals surface area contributed by atoms with E-state index in [4.69, 9.17) is 0 Å². The van der Waals surface area contributed by atoms with Gasteiger partial charge in [0.15, 0.2) is 0 Å². The first kappa shape index (κ1) is 16.0. The monoisotopic (exact) mass is 293 g/mol. The molecule has 1 saturated carbocycles. The summed E-state index contributed by atoms with van der Waals surface area (Å²) in [5.41, 5.74) is 0. The Balaban J connectivity index is 1.96. The lowest BCUT2D eigenvalue weighted by atomic mass is 9.84. The second-order valence-corrected chi connectivity index (χ2v) is 7.45. The molecule has 1 N–H and O–H groups in total. The molecule has 0 bridgehead atoms. The molecule has 1 heterocycles. The normalized spacial score (nSPS) is 19.5. The van der Waals surface area contributed by atoms with Gasteiger partial charge in [0, 0.05) is 15.8 Å². The zero-order valence-corrected chi connectivity index (χ0v) is 14.1. The standard InChI is InChI=1S/C18H31NS/c1-3-16-12-13-17(20-16)14-18(19-4-2)15-10-8-6-5-7-9-11-15/h12-13,15,18-19H,3-11,14H2,1-2H3. The van der Waals surface area contributed by atoms with E-state index in [-0.39, 0.29) is 0 Å². The Morgan fingerprint density at radius 3 is 2.30 bits per heavy atom. The summed E-state index contributed by atoms with van der Waals surface area (Å²) < 4.78 is 0. The molecule has 0 saturated heterocycles. The van der Waals surface area contributed by atoms with Crippen molar-refractivity contribution in [1.29, 1.82) is 0 Å². The Bertz CT molecular complexity index is 363. The van der Waals surface area contributed by atoms with E-state index < -0.39 is 0 Å². The first-order valence-corrected chi connectivity index (χ1v) is 9.46. The first-order chi connectivity index (χ1) is 9.83. The predicted molar refractivity (Wildman–Crippen MR) is 90.7 cm³/mol. The van der Waals surface area contributed by atoms with Crippen molar-refractivity contribution in [2.45, 2.75) is 77.7 Å². The van der Waals surface area contributed by atoms with E-state index in [0.717, 1.165) is 12.5 Å². The van der Waals surface area contributed by atoms with Crippen LogP contribution in [0.5, 0.6) is 0 Å². The van der Waals surface area contributed by atoms with Crippen LogP contribution in [0.4, 0.5) is 0 Å². The number of thiophene rings is 1. The maximum absolute atomic E-state index is 3.78. The molecule has 1 aliphatic carbocycles. The number of nitrogens with one attached hydrogen (secondary N) is 1. The molecular formula is C18H31NS. The molecule has 0 aliphatic heterocycles. The highest BCUT2D eigenvalue weighted by molar-refractivity contribution is 7.11. The van der Waals surface area contributed by atoms with Crippen LogP contribution in [0.1, 0.15) is 68.5 Å². The van der Waals surface area contributed by atoms with Gasteiger partial charge < -0.3 is 5.32 Å². The zero-order valence-electron chi connectivity index (χ0n) is 13.3. The minimum absolute atomic E-state index is 0.696. The minimum Gasteiger partial charge on any atom is -0.314 e. The molecule has 1 aromatic heterocycles. The number of hydrogen-bond acceptors (Lipinski definition) is 2. The second kappa shape index (κ2) is 8.84. The number of aryl methyl sites for hydroxylation is 1. The van der Waals surface area contributed by atoms with Crippen molar-refractivity contribution in [3.8, 4) is 0 Å². The van der Waals surface area contributed by atoms with Gasteiger partial charge in [-0.1, -0.05) is 46.0 Å². The molecular weight excluding hydrogens is 262 g/mol. The maximum Gasteiger partial charge on any atom is 0.0143 e. The molecule has 1 fully saturated rings. The Labute approximate surface area is 129 Å². The van der Waals surface area contributed by atoms with Crippen molar-refractivity contribution >= 4 is 11.3 Å². The van der Waals surface area contributed by atoms with Crippen molar-refractivity contribution in [3.63, 3.8) is 0 Å². The van der Waals surface area contributed by atoms with Crippen LogP contribution in [0.3, 0.4) is 0 Å². The van der Waals surface area contributed by atoms with E-state index in [0.29, 0.717) is 6.04 Å². The van der Waals surface area contributed by atoms with Crippen molar-refractivity contribution in [2.75, 3.05) is 6.54 Å². The molecule has 1 aliphatic rings. The molecule has 0 aromatic carbocycles. The van der Waals surface area contributed by atoms with E-state index in [2.05, 4.69) is 31.3 Å². The van der Waals surface area contributed by atoms with Crippen LogP contribution in [0.15, 0.2) is 12.1 Å². The van der Waals surface area contributed by atoms with Gasteiger partial charge in [-0.05, 0) is 50.3 Å². The van der Waals surface area contributed by atoms with Gasteiger partial charge >= 0.3 is 0 Å². The van der Waals surface area contributed by atoms with E-state index in [1.54, 1.807) is 4.88 Å². The fourth-order valence-electron chi connectivity index (χ4n) is 3.50. The first-order valence-electron chi connectivity index (χ1n) is 8.64. The number of hydrogen-bond donors (Lipinski definition) is 1. The summed E-state index contributed by atoms with van der Waals surface area (Å²) >= 11 is 2.02. The molecule has 1 nitrogen and oxygen atoms in total. The third-order valence-corrected chi connectivity index (χ3v) is 5.92. The van der Waals surface area contributed by atoms with Gasteiger partial charge in [0.1, 0.15) is 0 Å². The molecule has 0 radical (unpaired) electrons. The average molecular weight is 294 g/mol. The molecule has 2 heteroatoms. The van der Waals surface area contributed by atoms with Gasteiger partial charge in [-0.3, -0.25) is 0 Å². The lowest BCUT2D eigenvalue weighted by Crippen LogP contribution is -2.38. The van der Waals surface area contributed by atoms with E-state index in [1.165, 1.54) is 62.7 Å². The van der Waals surface area contributed by atoms with Gasteiger partial charge in [0.2, 0.25) is 0 Å². The van der Waals surface area contributed by atoms with E-state index in [1.807, 2.05) is 11.3 Å². The maximum atomic E-state index is 3.78. The fourth-order valence-corrected chi connectivity index (χ4v) is 4.51. The van der Waals surface area contributed by atoms with Gasteiger partial charge in [-0.25, -0.2) is 0 Å². The Kier molecular flexibility index (Phi) is 7.09.